The number of benzene rings is 2. The lowest BCUT2D eigenvalue weighted by Crippen LogP contribution is -2.44. The molecule has 2 aromatic heterocycles. The number of likely N-dealkylation sites (N-methyl/N-ethyl adjacent to an activating group) is 1. The monoisotopic (exact) mass is 567 g/mol. The van der Waals surface area contributed by atoms with E-state index in [1.165, 1.54) is 17.2 Å². The number of anilines is 3. The molecule has 41 heavy (non-hydrogen) atoms. The zero-order valence-electron chi connectivity index (χ0n) is 22.3. The first-order valence-corrected chi connectivity index (χ1v) is 12.7. The van der Waals surface area contributed by atoms with Crippen molar-refractivity contribution in [3.8, 4) is 17.0 Å². The third-order valence-corrected chi connectivity index (χ3v) is 6.76. The van der Waals surface area contributed by atoms with E-state index in [1.54, 1.807) is 18.0 Å². The van der Waals surface area contributed by atoms with Crippen LogP contribution in [0.2, 0.25) is 0 Å². The SMILES string of the molecule is CN(CCN1CCOCC1=O)c1cc(OC(F)F)c(Nc2nccc(-c3cn(C)c4ccccc34)n2)cc1[N+](=O)[O-]. The minimum Gasteiger partial charge on any atom is -0.433 e. The average molecular weight is 568 g/mol. The summed E-state index contributed by atoms with van der Waals surface area (Å²) in [7, 11) is 3.49. The van der Waals surface area contributed by atoms with Crippen LogP contribution in [0.5, 0.6) is 5.75 Å². The van der Waals surface area contributed by atoms with Gasteiger partial charge in [0.1, 0.15) is 12.3 Å². The van der Waals surface area contributed by atoms with E-state index in [9.17, 15) is 23.7 Å². The standard InChI is InChI=1S/C27H27F2N7O5/c1-33(9-10-35-11-12-40-16-25(35)37)22-14-24(41-26(28)29)20(13-23(22)36(38)39)32-27-30-8-7-19(31-27)18-15-34(2)21-6-4-3-5-17(18)21/h3-8,13-15,26H,9-12,16H2,1-2H3,(H,30,31,32). The van der Waals surface area contributed by atoms with Crippen LogP contribution in [0, 0.1) is 10.1 Å². The predicted molar refractivity (Wildman–Crippen MR) is 148 cm³/mol. The molecule has 0 saturated carbocycles. The van der Waals surface area contributed by atoms with Crippen molar-refractivity contribution >= 4 is 39.8 Å². The maximum absolute atomic E-state index is 13.4. The van der Waals surface area contributed by atoms with Crippen molar-refractivity contribution in [2.24, 2.45) is 7.05 Å². The number of nitro groups is 1. The summed E-state index contributed by atoms with van der Waals surface area (Å²) in [5, 5.41) is 15.8. The van der Waals surface area contributed by atoms with Gasteiger partial charge in [-0.05, 0) is 12.1 Å². The Morgan fingerprint density at radius 2 is 2.07 bits per heavy atom. The molecule has 14 heteroatoms. The smallest absolute Gasteiger partial charge is 0.387 e. The maximum Gasteiger partial charge on any atom is 0.387 e. The van der Waals surface area contributed by atoms with Crippen molar-refractivity contribution in [2.75, 3.05) is 50.1 Å². The second-order valence-corrected chi connectivity index (χ2v) is 9.39. The molecule has 0 bridgehead atoms. The third kappa shape index (κ3) is 6.01. The first kappa shape index (κ1) is 27.7. The maximum atomic E-state index is 13.4. The number of amides is 1. The van der Waals surface area contributed by atoms with Gasteiger partial charge >= 0.3 is 6.61 Å². The number of aromatic nitrogens is 3. The third-order valence-electron chi connectivity index (χ3n) is 6.76. The highest BCUT2D eigenvalue weighted by molar-refractivity contribution is 5.95. The fourth-order valence-electron chi connectivity index (χ4n) is 4.71. The van der Waals surface area contributed by atoms with Crippen LogP contribution in [-0.2, 0) is 16.6 Å². The molecule has 0 aliphatic carbocycles. The van der Waals surface area contributed by atoms with Crippen LogP contribution >= 0.6 is 0 Å². The van der Waals surface area contributed by atoms with Gasteiger partial charge in [-0.3, -0.25) is 14.9 Å². The first-order valence-electron chi connectivity index (χ1n) is 12.7. The molecule has 1 N–H and O–H groups in total. The van der Waals surface area contributed by atoms with Gasteiger partial charge in [0, 0.05) is 74.7 Å². The van der Waals surface area contributed by atoms with Crippen molar-refractivity contribution in [1.29, 1.82) is 0 Å². The largest absolute Gasteiger partial charge is 0.433 e. The number of nitrogens with zero attached hydrogens (tertiary/aromatic N) is 6. The number of ether oxygens (including phenoxy) is 2. The summed E-state index contributed by atoms with van der Waals surface area (Å²) >= 11 is 0. The number of morpholine rings is 1. The number of nitro benzene ring substituents is 1. The molecule has 1 saturated heterocycles. The molecule has 3 heterocycles. The first-order chi connectivity index (χ1) is 19.7. The zero-order chi connectivity index (χ0) is 29.1. The van der Waals surface area contributed by atoms with Crippen molar-refractivity contribution in [2.45, 2.75) is 6.61 Å². The normalized spacial score (nSPS) is 13.6. The Labute approximate surface area is 233 Å². The summed E-state index contributed by atoms with van der Waals surface area (Å²) in [6.07, 6.45) is 3.42. The van der Waals surface area contributed by atoms with Crippen LogP contribution in [0.3, 0.4) is 0 Å². The van der Waals surface area contributed by atoms with Gasteiger partial charge in [-0.15, -0.1) is 0 Å². The Morgan fingerprint density at radius 1 is 1.27 bits per heavy atom. The zero-order valence-corrected chi connectivity index (χ0v) is 22.3. The van der Waals surface area contributed by atoms with Gasteiger partial charge < -0.3 is 29.2 Å². The van der Waals surface area contributed by atoms with E-state index in [0.29, 0.717) is 18.8 Å². The van der Waals surface area contributed by atoms with Crippen molar-refractivity contribution in [1.82, 2.24) is 19.4 Å². The van der Waals surface area contributed by atoms with Gasteiger partial charge in [0.2, 0.25) is 11.9 Å². The molecule has 1 amide bonds. The van der Waals surface area contributed by atoms with Crippen molar-refractivity contribution in [3.05, 3.63) is 65.0 Å². The number of halogens is 2. The van der Waals surface area contributed by atoms with Crippen LogP contribution in [0.25, 0.3) is 22.2 Å². The molecular formula is C27H27F2N7O5. The van der Waals surface area contributed by atoms with E-state index in [0.717, 1.165) is 22.5 Å². The lowest BCUT2D eigenvalue weighted by molar-refractivity contribution is -0.384. The molecule has 0 spiro atoms. The van der Waals surface area contributed by atoms with Crippen LogP contribution < -0.4 is 15.0 Å². The lowest BCUT2D eigenvalue weighted by atomic mass is 10.1. The summed E-state index contributed by atoms with van der Waals surface area (Å²) in [5.74, 6) is -0.476. The predicted octanol–water partition coefficient (Wildman–Crippen LogP) is 4.18. The van der Waals surface area contributed by atoms with E-state index in [2.05, 4.69) is 15.3 Å². The molecule has 2 aromatic carbocycles. The summed E-state index contributed by atoms with van der Waals surface area (Å²) in [6, 6.07) is 11.8. The number of nitrogens with one attached hydrogen (secondary N) is 1. The lowest BCUT2D eigenvalue weighted by Gasteiger charge is -2.29. The van der Waals surface area contributed by atoms with E-state index in [-0.39, 0.29) is 54.4 Å². The summed E-state index contributed by atoms with van der Waals surface area (Å²) in [6.45, 7) is -1.94. The number of carbonyl (C=O) groups excluding carboxylic acids is 1. The molecule has 5 rings (SSSR count). The molecule has 1 aliphatic heterocycles. The van der Waals surface area contributed by atoms with Gasteiger partial charge in [0.15, 0.2) is 5.75 Å². The number of hydrogen-bond donors (Lipinski definition) is 1. The Kier molecular flexibility index (Phi) is 7.92. The van der Waals surface area contributed by atoms with Crippen LogP contribution in [0.15, 0.2) is 54.9 Å². The Bertz CT molecular complexity index is 1600. The number of aryl methyl sites for hydroxylation is 1. The van der Waals surface area contributed by atoms with Crippen LogP contribution in [0.4, 0.5) is 31.8 Å². The quantitative estimate of drug-likeness (QED) is 0.222. The molecule has 1 fully saturated rings. The van der Waals surface area contributed by atoms with Gasteiger partial charge in [0.25, 0.3) is 5.69 Å². The minimum absolute atomic E-state index is 0.0274. The summed E-state index contributed by atoms with van der Waals surface area (Å²) < 4.78 is 38.7. The minimum atomic E-state index is -3.19. The van der Waals surface area contributed by atoms with Crippen molar-refractivity contribution in [3.63, 3.8) is 0 Å². The van der Waals surface area contributed by atoms with Crippen molar-refractivity contribution < 1.29 is 28.0 Å². The number of fused-ring (bicyclic) bond motifs is 1. The van der Waals surface area contributed by atoms with Gasteiger partial charge in [-0.2, -0.15) is 8.78 Å². The summed E-state index contributed by atoms with van der Waals surface area (Å²) in [4.78, 5) is 35.3. The Morgan fingerprint density at radius 3 is 2.83 bits per heavy atom. The fourth-order valence-corrected chi connectivity index (χ4v) is 4.71. The summed E-state index contributed by atoms with van der Waals surface area (Å²) in [5.41, 5.74) is 1.99. The highest BCUT2D eigenvalue weighted by atomic mass is 19.3. The topological polar surface area (TPSA) is 128 Å². The van der Waals surface area contributed by atoms with Gasteiger partial charge in [-0.25, -0.2) is 9.97 Å². The van der Waals surface area contributed by atoms with Crippen LogP contribution in [-0.4, -0.2) is 76.8 Å². The van der Waals surface area contributed by atoms with Crippen LogP contribution in [0.1, 0.15) is 0 Å². The molecule has 12 nitrogen and oxygen atoms in total. The number of para-hydroxylation sites is 1. The molecule has 1 aliphatic rings. The fraction of sp³-hybridized carbons (Fsp3) is 0.296. The molecule has 214 valence electrons. The average Bonchev–Trinajstić information content (AvgIpc) is 3.29. The Balaban J connectivity index is 1.46. The molecule has 0 radical (unpaired) electrons. The highest BCUT2D eigenvalue weighted by Gasteiger charge is 2.25. The second kappa shape index (κ2) is 11.7. The molecular weight excluding hydrogens is 540 g/mol. The van der Waals surface area contributed by atoms with Gasteiger partial charge in [0.05, 0.1) is 22.9 Å². The van der Waals surface area contributed by atoms with E-state index >= 15 is 0 Å². The Hall–Kier alpha value is -4.85. The number of rotatable bonds is 10. The second-order valence-electron chi connectivity index (χ2n) is 9.39. The van der Waals surface area contributed by atoms with Gasteiger partial charge in [-0.1, -0.05) is 18.2 Å². The molecule has 0 atom stereocenters. The number of carbonyl (C=O) groups is 1. The highest BCUT2D eigenvalue weighted by Crippen LogP contribution is 2.40. The molecule has 0 unspecified atom stereocenters. The number of alkyl halides is 2. The van der Waals surface area contributed by atoms with E-state index in [4.69, 9.17) is 9.47 Å². The molecule has 4 aromatic rings. The van der Waals surface area contributed by atoms with E-state index in [1.807, 2.05) is 42.1 Å². The van der Waals surface area contributed by atoms with E-state index < -0.39 is 11.5 Å². The number of hydrogen-bond acceptors (Lipinski definition) is 9.